The van der Waals surface area contributed by atoms with Crippen LogP contribution in [0.3, 0.4) is 0 Å². The van der Waals surface area contributed by atoms with Gasteiger partial charge in [0.25, 0.3) is 0 Å². The van der Waals surface area contributed by atoms with E-state index < -0.39 is 0 Å². The van der Waals surface area contributed by atoms with Gasteiger partial charge in [0, 0.05) is 41.9 Å². The lowest BCUT2D eigenvalue weighted by atomic mass is 9.96. The van der Waals surface area contributed by atoms with Crippen molar-refractivity contribution in [2.45, 2.75) is 27.7 Å². The van der Waals surface area contributed by atoms with Crippen LogP contribution in [0.1, 0.15) is 23.6 Å². The first-order valence-electron chi connectivity index (χ1n) is 7.71. The van der Waals surface area contributed by atoms with Gasteiger partial charge in [0.15, 0.2) is 0 Å². The molecule has 22 heavy (non-hydrogen) atoms. The van der Waals surface area contributed by atoms with Crippen LogP contribution in [0.25, 0.3) is 22.3 Å². The van der Waals surface area contributed by atoms with Gasteiger partial charge < -0.3 is 9.73 Å². The number of hydrogen-bond donors (Lipinski definition) is 1. The van der Waals surface area contributed by atoms with Crippen molar-refractivity contribution < 1.29 is 4.42 Å². The lowest BCUT2D eigenvalue weighted by Gasteiger charge is -2.16. The molecule has 0 fully saturated rings. The number of anilines is 1. The minimum absolute atomic E-state index is 0.900. The lowest BCUT2D eigenvalue weighted by molar-refractivity contribution is 0.613. The highest BCUT2D eigenvalue weighted by atomic mass is 16.3. The van der Waals surface area contributed by atoms with Crippen molar-refractivity contribution in [3.63, 3.8) is 0 Å². The van der Waals surface area contributed by atoms with E-state index in [4.69, 9.17) is 4.42 Å². The summed E-state index contributed by atoms with van der Waals surface area (Å²) < 4.78 is 6.24. The van der Waals surface area contributed by atoms with E-state index in [0.29, 0.717) is 0 Å². The molecule has 1 aliphatic heterocycles. The molecule has 0 aromatic heterocycles. The molecule has 3 rings (SSSR count). The Balaban J connectivity index is 2.42. The number of fused-ring (bicyclic) bond motifs is 2. The summed E-state index contributed by atoms with van der Waals surface area (Å²) in [7, 11) is 1.81. The molecule has 0 bridgehead atoms. The van der Waals surface area contributed by atoms with Crippen LogP contribution in [0.4, 0.5) is 5.69 Å². The summed E-state index contributed by atoms with van der Waals surface area (Å²) >= 11 is 0. The molecule has 2 aliphatic rings. The Kier molecular flexibility index (Phi) is 3.65. The molecular formula is C19H22N2O. The van der Waals surface area contributed by atoms with Crippen LogP contribution in [-0.2, 0) is 0 Å². The first kappa shape index (κ1) is 14.6. The van der Waals surface area contributed by atoms with E-state index in [1.807, 2.05) is 7.05 Å². The minimum Gasteiger partial charge on any atom is -0.456 e. The smallest absolute Gasteiger partial charge is 0.140 e. The molecule has 0 amide bonds. The Hall–Kier alpha value is -2.29. The summed E-state index contributed by atoms with van der Waals surface area (Å²) in [6.45, 7) is 9.36. The third kappa shape index (κ3) is 2.17. The molecule has 0 atom stereocenters. The van der Waals surface area contributed by atoms with E-state index in [9.17, 15) is 0 Å². The van der Waals surface area contributed by atoms with Gasteiger partial charge in [-0.3, -0.25) is 4.99 Å². The second kappa shape index (κ2) is 5.48. The maximum absolute atomic E-state index is 6.24. The molecule has 0 spiro atoms. The standard InChI is InChI=1S/C19H22N2O/c1-6-21-17-10-18-15(9-11(17)2)12(3)14-7-8-16(20-5)13(4)19(14)22-18/h7-10,21H,6H2,1-5H3. The van der Waals surface area contributed by atoms with Crippen molar-refractivity contribution in [1.29, 1.82) is 0 Å². The van der Waals surface area contributed by atoms with Crippen LogP contribution < -0.4 is 10.7 Å². The monoisotopic (exact) mass is 294 g/mol. The largest absolute Gasteiger partial charge is 0.456 e. The lowest BCUT2D eigenvalue weighted by Crippen LogP contribution is -2.09. The average molecular weight is 294 g/mol. The number of benzene rings is 2. The van der Waals surface area contributed by atoms with Crippen LogP contribution in [0.15, 0.2) is 33.7 Å². The number of nitrogens with zero attached hydrogens (tertiary/aromatic N) is 1. The Morgan fingerprint density at radius 2 is 1.86 bits per heavy atom. The van der Waals surface area contributed by atoms with Crippen molar-refractivity contribution >= 4 is 16.7 Å². The Bertz CT molecular complexity index is 890. The maximum Gasteiger partial charge on any atom is 0.140 e. The van der Waals surface area contributed by atoms with Crippen molar-refractivity contribution in [2.75, 3.05) is 18.9 Å². The van der Waals surface area contributed by atoms with Gasteiger partial charge in [-0.25, -0.2) is 0 Å². The van der Waals surface area contributed by atoms with Crippen LogP contribution >= 0.6 is 0 Å². The molecule has 1 aromatic carbocycles. The molecule has 0 saturated carbocycles. The van der Waals surface area contributed by atoms with E-state index in [0.717, 1.165) is 40.1 Å². The molecule has 0 saturated heterocycles. The summed E-state index contributed by atoms with van der Waals surface area (Å²) in [5, 5.41) is 5.55. The third-order valence-corrected chi connectivity index (χ3v) is 4.33. The molecule has 1 heterocycles. The summed E-state index contributed by atoms with van der Waals surface area (Å²) in [4.78, 5) is 4.32. The molecule has 3 nitrogen and oxygen atoms in total. The summed E-state index contributed by atoms with van der Waals surface area (Å²) in [5.74, 6) is 0.930. The summed E-state index contributed by atoms with van der Waals surface area (Å²) in [6, 6.07) is 8.48. The van der Waals surface area contributed by atoms with Gasteiger partial charge in [-0.15, -0.1) is 0 Å². The quantitative estimate of drug-likeness (QED) is 0.710. The van der Waals surface area contributed by atoms with E-state index in [1.165, 1.54) is 16.5 Å². The zero-order chi connectivity index (χ0) is 15.9. The first-order chi connectivity index (χ1) is 10.6. The van der Waals surface area contributed by atoms with Gasteiger partial charge in [-0.05, 0) is 57.0 Å². The SMILES string of the molecule is CCNc1cc2oc3c(C)c(=NC)ccc-3c(C)c2cc1C. The third-order valence-electron chi connectivity index (χ3n) is 4.33. The zero-order valence-corrected chi connectivity index (χ0v) is 13.9. The topological polar surface area (TPSA) is 37.5 Å². The van der Waals surface area contributed by atoms with Crippen LogP contribution in [-0.4, -0.2) is 13.6 Å². The number of hydrogen-bond acceptors (Lipinski definition) is 3. The Labute approximate surface area is 131 Å². The molecule has 0 unspecified atom stereocenters. The molecule has 1 aliphatic carbocycles. The molecule has 1 aromatic rings. The van der Waals surface area contributed by atoms with Crippen molar-refractivity contribution in [3.05, 3.63) is 46.3 Å². The van der Waals surface area contributed by atoms with E-state index >= 15 is 0 Å². The number of rotatable bonds is 2. The molecular weight excluding hydrogens is 272 g/mol. The van der Waals surface area contributed by atoms with Crippen molar-refractivity contribution in [1.82, 2.24) is 0 Å². The first-order valence-corrected chi connectivity index (χ1v) is 7.71. The van der Waals surface area contributed by atoms with Crippen LogP contribution in [0.5, 0.6) is 0 Å². The van der Waals surface area contributed by atoms with Gasteiger partial charge in [0.05, 0.1) is 5.36 Å². The predicted octanol–water partition coefficient (Wildman–Crippen LogP) is 4.43. The highest BCUT2D eigenvalue weighted by Crippen LogP contribution is 2.35. The fourth-order valence-electron chi connectivity index (χ4n) is 3.05. The number of aryl methyl sites for hydroxylation is 2. The fourth-order valence-corrected chi connectivity index (χ4v) is 3.05. The van der Waals surface area contributed by atoms with Gasteiger partial charge in [-0.2, -0.15) is 0 Å². The maximum atomic E-state index is 6.24. The minimum atomic E-state index is 0.900. The highest BCUT2D eigenvalue weighted by molar-refractivity contribution is 5.91. The number of nitrogens with one attached hydrogen (secondary N) is 1. The van der Waals surface area contributed by atoms with Gasteiger partial charge >= 0.3 is 0 Å². The van der Waals surface area contributed by atoms with Crippen molar-refractivity contribution in [3.8, 4) is 11.3 Å². The summed E-state index contributed by atoms with van der Waals surface area (Å²) in [5.41, 5.74) is 6.80. The fraction of sp³-hybridized carbons (Fsp3) is 0.316. The van der Waals surface area contributed by atoms with Crippen molar-refractivity contribution in [2.24, 2.45) is 4.99 Å². The van der Waals surface area contributed by atoms with E-state index in [2.05, 4.69) is 62.3 Å². The van der Waals surface area contributed by atoms with Crippen LogP contribution in [0, 0.1) is 20.8 Å². The normalized spacial score (nSPS) is 12.3. The molecule has 114 valence electrons. The highest BCUT2D eigenvalue weighted by Gasteiger charge is 2.16. The molecule has 1 N–H and O–H groups in total. The molecule has 0 radical (unpaired) electrons. The summed E-state index contributed by atoms with van der Waals surface area (Å²) in [6.07, 6.45) is 0. The second-order valence-corrected chi connectivity index (χ2v) is 5.73. The Morgan fingerprint density at radius 1 is 1.09 bits per heavy atom. The van der Waals surface area contributed by atoms with E-state index in [1.54, 1.807) is 0 Å². The second-order valence-electron chi connectivity index (χ2n) is 5.73. The van der Waals surface area contributed by atoms with Gasteiger partial charge in [-0.1, -0.05) is 0 Å². The van der Waals surface area contributed by atoms with E-state index in [-0.39, 0.29) is 0 Å². The Morgan fingerprint density at radius 3 is 2.55 bits per heavy atom. The van der Waals surface area contributed by atoms with Crippen LogP contribution in [0.2, 0.25) is 0 Å². The zero-order valence-electron chi connectivity index (χ0n) is 13.9. The van der Waals surface area contributed by atoms with Gasteiger partial charge in [0.2, 0.25) is 0 Å². The average Bonchev–Trinajstić information content (AvgIpc) is 2.51. The molecule has 3 heteroatoms. The predicted molar refractivity (Wildman–Crippen MR) is 92.7 cm³/mol. The van der Waals surface area contributed by atoms with Gasteiger partial charge in [0.1, 0.15) is 11.3 Å².